The van der Waals surface area contributed by atoms with Gasteiger partial charge in [-0.2, -0.15) is 11.8 Å². The van der Waals surface area contributed by atoms with E-state index in [9.17, 15) is 4.39 Å². The highest BCUT2D eigenvalue weighted by Gasteiger charge is 2.27. The van der Waals surface area contributed by atoms with Crippen molar-refractivity contribution in [1.82, 2.24) is 10.3 Å². The van der Waals surface area contributed by atoms with Crippen LogP contribution in [0.5, 0.6) is 0 Å². The molecule has 106 valence electrons. The molecule has 1 fully saturated rings. The van der Waals surface area contributed by atoms with Gasteiger partial charge in [0, 0.05) is 30.1 Å². The van der Waals surface area contributed by atoms with Gasteiger partial charge in [-0.25, -0.2) is 4.39 Å². The molecule has 0 spiro atoms. The molecule has 1 aliphatic rings. The van der Waals surface area contributed by atoms with Crippen LogP contribution >= 0.6 is 11.8 Å². The summed E-state index contributed by atoms with van der Waals surface area (Å²) in [5, 5.41) is 0. The fraction of sp³-hybridized carbons (Fsp3) is 0.571. The van der Waals surface area contributed by atoms with Gasteiger partial charge >= 0.3 is 0 Å². The number of likely N-dealkylation sites (N-methyl/N-ethyl adjacent to an activating group) is 1. The second kappa shape index (κ2) is 6.70. The lowest BCUT2D eigenvalue weighted by molar-refractivity contribution is 0.214. The third-order valence-electron chi connectivity index (χ3n) is 3.87. The monoisotopic (exact) mass is 283 g/mol. The minimum absolute atomic E-state index is 0.151. The van der Waals surface area contributed by atoms with Crippen molar-refractivity contribution in [3.8, 4) is 0 Å². The first-order valence-corrected chi connectivity index (χ1v) is 7.76. The summed E-state index contributed by atoms with van der Waals surface area (Å²) in [7, 11) is 2.13. The van der Waals surface area contributed by atoms with E-state index in [-0.39, 0.29) is 11.9 Å². The van der Waals surface area contributed by atoms with Crippen LogP contribution in [0.25, 0.3) is 0 Å². The van der Waals surface area contributed by atoms with Crippen molar-refractivity contribution in [1.29, 1.82) is 0 Å². The Kier molecular flexibility index (Phi) is 5.21. The highest BCUT2D eigenvalue weighted by Crippen LogP contribution is 2.21. The molecule has 1 saturated heterocycles. The van der Waals surface area contributed by atoms with Gasteiger partial charge < -0.3 is 4.90 Å². The number of nitrogens with two attached hydrogens (primary N) is 1. The van der Waals surface area contributed by atoms with Gasteiger partial charge in [-0.1, -0.05) is 6.07 Å². The molecule has 0 bridgehead atoms. The van der Waals surface area contributed by atoms with Crippen LogP contribution < -0.4 is 11.3 Å². The molecule has 2 atom stereocenters. The first-order valence-electron chi connectivity index (χ1n) is 6.61. The quantitative estimate of drug-likeness (QED) is 0.650. The molecule has 1 heterocycles. The Bertz CT molecular complexity index is 427. The van der Waals surface area contributed by atoms with Crippen molar-refractivity contribution in [2.75, 3.05) is 25.1 Å². The molecule has 0 aromatic heterocycles. The summed E-state index contributed by atoms with van der Waals surface area (Å²) in [6, 6.07) is 5.50. The van der Waals surface area contributed by atoms with Crippen LogP contribution in [0.15, 0.2) is 18.2 Å². The Balaban J connectivity index is 2.11. The van der Waals surface area contributed by atoms with Gasteiger partial charge in [0.2, 0.25) is 0 Å². The number of hydrogen-bond donors (Lipinski definition) is 2. The molecule has 19 heavy (non-hydrogen) atoms. The first kappa shape index (κ1) is 14.8. The smallest absolute Gasteiger partial charge is 0.123 e. The van der Waals surface area contributed by atoms with E-state index in [0.29, 0.717) is 6.04 Å². The van der Waals surface area contributed by atoms with E-state index in [1.54, 1.807) is 6.07 Å². The fourth-order valence-electron chi connectivity index (χ4n) is 2.53. The molecular formula is C14H22FN3S. The number of thioether (sulfide) groups is 1. The van der Waals surface area contributed by atoms with Crippen LogP contribution in [-0.2, 0) is 6.42 Å². The molecule has 1 aromatic carbocycles. The summed E-state index contributed by atoms with van der Waals surface area (Å²) >= 11 is 1.96. The van der Waals surface area contributed by atoms with Gasteiger partial charge in [-0.15, -0.1) is 0 Å². The summed E-state index contributed by atoms with van der Waals surface area (Å²) in [5.41, 5.74) is 5.07. The SMILES string of the molecule is Cc1ccc(F)cc1CC(NN)C1CSCCN1C. The van der Waals surface area contributed by atoms with Crippen LogP contribution in [0.2, 0.25) is 0 Å². The third-order valence-corrected chi connectivity index (χ3v) is 4.92. The van der Waals surface area contributed by atoms with E-state index in [4.69, 9.17) is 5.84 Å². The Labute approximate surface area is 118 Å². The van der Waals surface area contributed by atoms with Gasteiger partial charge in [0.05, 0.1) is 0 Å². The number of nitrogens with zero attached hydrogens (tertiary/aromatic N) is 1. The van der Waals surface area contributed by atoms with Gasteiger partial charge in [-0.3, -0.25) is 11.3 Å². The largest absolute Gasteiger partial charge is 0.300 e. The van der Waals surface area contributed by atoms with Crippen molar-refractivity contribution < 1.29 is 4.39 Å². The van der Waals surface area contributed by atoms with Crippen molar-refractivity contribution in [2.24, 2.45) is 5.84 Å². The maximum atomic E-state index is 13.4. The zero-order valence-electron chi connectivity index (χ0n) is 11.5. The topological polar surface area (TPSA) is 41.3 Å². The molecule has 3 N–H and O–H groups in total. The van der Waals surface area contributed by atoms with Gasteiger partial charge in [0.25, 0.3) is 0 Å². The van der Waals surface area contributed by atoms with Crippen LogP contribution in [-0.4, -0.2) is 42.1 Å². The van der Waals surface area contributed by atoms with E-state index < -0.39 is 0 Å². The number of nitrogens with one attached hydrogen (secondary N) is 1. The Morgan fingerprint density at radius 1 is 1.58 bits per heavy atom. The maximum absolute atomic E-state index is 13.4. The van der Waals surface area contributed by atoms with Gasteiger partial charge in [0.15, 0.2) is 0 Å². The summed E-state index contributed by atoms with van der Waals surface area (Å²) in [5.74, 6) is 7.78. The van der Waals surface area contributed by atoms with E-state index in [1.807, 2.05) is 24.8 Å². The lowest BCUT2D eigenvalue weighted by Crippen LogP contribution is -2.55. The maximum Gasteiger partial charge on any atom is 0.123 e. The molecular weight excluding hydrogens is 261 g/mol. The predicted octanol–water partition coefficient (Wildman–Crippen LogP) is 1.56. The Hall–Kier alpha value is -0.620. The predicted molar refractivity (Wildman–Crippen MR) is 79.7 cm³/mol. The van der Waals surface area contributed by atoms with Gasteiger partial charge in [0.1, 0.15) is 5.82 Å². The molecule has 3 nitrogen and oxygen atoms in total. The second-order valence-electron chi connectivity index (χ2n) is 5.17. The summed E-state index contributed by atoms with van der Waals surface area (Å²) in [6.07, 6.45) is 0.760. The van der Waals surface area contributed by atoms with Crippen LogP contribution in [0.3, 0.4) is 0 Å². The van der Waals surface area contributed by atoms with E-state index in [2.05, 4.69) is 17.4 Å². The second-order valence-corrected chi connectivity index (χ2v) is 6.32. The molecule has 0 saturated carbocycles. The molecule has 1 aliphatic heterocycles. The molecule has 0 aliphatic carbocycles. The summed E-state index contributed by atoms with van der Waals surface area (Å²) in [4.78, 5) is 2.34. The average molecular weight is 283 g/mol. The van der Waals surface area contributed by atoms with Gasteiger partial charge in [-0.05, 0) is 43.7 Å². The van der Waals surface area contributed by atoms with Crippen LogP contribution in [0, 0.1) is 12.7 Å². The Morgan fingerprint density at radius 2 is 2.37 bits per heavy atom. The number of benzene rings is 1. The third kappa shape index (κ3) is 3.69. The molecule has 1 aromatic rings. The zero-order valence-corrected chi connectivity index (χ0v) is 12.3. The summed E-state index contributed by atoms with van der Waals surface area (Å²) < 4.78 is 13.4. The number of rotatable bonds is 4. The van der Waals surface area contributed by atoms with Crippen LogP contribution in [0.4, 0.5) is 4.39 Å². The van der Waals surface area contributed by atoms with Crippen LogP contribution in [0.1, 0.15) is 11.1 Å². The highest BCUT2D eigenvalue weighted by molar-refractivity contribution is 7.99. The number of hydrazine groups is 1. The van der Waals surface area contributed by atoms with E-state index >= 15 is 0 Å². The molecule has 5 heteroatoms. The number of halogens is 1. The van der Waals surface area contributed by atoms with E-state index in [0.717, 1.165) is 29.8 Å². The first-order chi connectivity index (χ1) is 9.11. The molecule has 2 rings (SSSR count). The molecule has 2 unspecified atom stereocenters. The molecule has 0 amide bonds. The average Bonchev–Trinajstić information content (AvgIpc) is 2.41. The number of hydrogen-bond acceptors (Lipinski definition) is 4. The Morgan fingerprint density at radius 3 is 3.05 bits per heavy atom. The normalized spacial score (nSPS) is 22.4. The van der Waals surface area contributed by atoms with Crippen molar-refractivity contribution in [3.05, 3.63) is 35.1 Å². The van der Waals surface area contributed by atoms with Crippen molar-refractivity contribution in [2.45, 2.75) is 25.4 Å². The zero-order chi connectivity index (χ0) is 13.8. The number of aryl methyl sites for hydroxylation is 1. The summed E-state index contributed by atoms with van der Waals surface area (Å²) in [6.45, 7) is 3.09. The van der Waals surface area contributed by atoms with Crippen molar-refractivity contribution >= 4 is 11.8 Å². The minimum Gasteiger partial charge on any atom is -0.300 e. The lowest BCUT2D eigenvalue weighted by atomic mass is 9.96. The lowest BCUT2D eigenvalue weighted by Gasteiger charge is -2.37. The minimum atomic E-state index is -0.178. The fourth-order valence-corrected chi connectivity index (χ4v) is 3.84. The van der Waals surface area contributed by atoms with E-state index in [1.165, 1.54) is 11.8 Å². The highest BCUT2D eigenvalue weighted by atomic mass is 32.2. The molecule has 0 radical (unpaired) electrons. The standard InChI is InChI=1S/C14H22FN3S/c1-10-3-4-12(15)7-11(10)8-13(17-16)14-9-19-6-5-18(14)2/h3-4,7,13-14,17H,5-6,8-9,16H2,1-2H3. The van der Waals surface area contributed by atoms with Crippen molar-refractivity contribution in [3.63, 3.8) is 0 Å².